The minimum absolute atomic E-state index is 0.161. The minimum atomic E-state index is -0.342. The van der Waals surface area contributed by atoms with Gasteiger partial charge in [0.25, 0.3) is 5.91 Å². The molecule has 108 valence electrons. The van der Waals surface area contributed by atoms with Crippen molar-refractivity contribution in [3.8, 4) is 0 Å². The SMILES string of the molecule is CC(=O)Nc1cccc(NC(=O)c2cnc(C)cn2)c1C. The summed E-state index contributed by atoms with van der Waals surface area (Å²) in [6.45, 7) is 5.06. The van der Waals surface area contributed by atoms with Crippen molar-refractivity contribution >= 4 is 23.2 Å². The second kappa shape index (κ2) is 6.13. The van der Waals surface area contributed by atoms with E-state index >= 15 is 0 Å². The van der Waals surface area contributed by atoms with Crippen LogP contribution in [0.5, 0.6) is 0 Å². The van der Waals surface area contributed by atoms with Gasteiger partial charge in [-0.25, -0.2) is 4.98 Å². The first kappa shape index (κ1) is 14.6. The van der Waals surface area contributed by atoms with Gasteiger partial charge in [-0.1, -0.05) is 6.07 Å². The molecule has 1 aromatic heterocycles. The first-order valence-corrected chi connectivity index (χ1v) is 6.44. The summed E-state index contributed by atoms with van der Waals surface area (Å²) in [5.41, 5.74) is 3.05. The standard InChI is InChI=1S/C15H16N4O2/c1-9-7-17-14(8-16-9)15(21)19-13-6-4-5-12(10(13)2)18-11(3)20/h4-8H,1-3H3,(H,18,20)(H,19,21). The normalized spacial score (nSPS) is 10.0. The van der Waals surface area contributed by atoms with Crippen molar-refractivity contribution in [2.24, 2.45) is 0 Å². The summed E-state index contributed by atoms with van der Waals surface area (Å²) in [5, 5.41) is 5.48. The number of aryl methyl sites for hydroxylation is 1. The molecule has 0 spiro atoms. The maximum atomic E-state index is 12.1. The van der Waals surface area contributed by atoms with Gasteiger partial charge >= 0.3 is 0 Å². The number of nitrogens with one attached hydrogen (secondary N) is 2. The molecule has 0 aliphatic carbocycles. The molecule has 2 amide bonds. The monoisotopic (exact) mass is 284 g/mol. The highest BCUT2D eigenvalue weighted by Crippen LogP contribution is 2.23. The molecule has 0 bridgehead atoms. The summed E-state index contributed by atoms with van der Waals surface area (Å²) in [6.07, 6.45) is 2.97. The van der Waals surface area contributed by atoms with Crippen LogP contribution in [0.4, 0.5) is 11.4 Å². The van der Waals surface area contributed by atoms with Crippen LogP contribution >= 0.6 is 0 Å². The van der Waals surface area contributed by atoms with Crippen LogP contribution in [-0.4, -0.2) is 21.8 Å². The maximum Gasteiger partial charge on any atom is 0.275 e. The second-order valence-corrected chi connectivity index (χ2v) is 4.66. The third-order valence-corrected chi connectivity index (χ3v) is 2.91. The van der Waals surface area contributed by atoms with Crippen LogP contribution < -0.4 is 10.6 Å². The highest BCUT2D eigenvalue weighted by Gasteiger charge is 2.11. The number of amides is 2. The summed E-state index contributed by atoms with van der Waals surface area (Å²) in [7, 11) is 0. The van der Waals surface area contributed by atoms with Gasteiger partial charge in [-0.05, 0) is 31.5 Å². The van der Waals surface area contributed by atoms with Gasteiger partial charge in [0.05, 0.1) is 11.9 Å². The van der Waals surface area contributed by atoms with Crippen molar-refractivity contribution in [1.29, 1.82) is 0 Å². The molecule has 0 aliphatic rings. The molecular weight excluding hydrogens is 268 g/mol. The Balaban J connectivity index is 2.21. The lowest BCUT2D eigenvalue weighted by atomic mass is 10.1. The van der Waals surface area contributed by atoms with E-state index in [-0.39, 0.29) is 17.5 Å². The van der Waals surface area contributed by atoms with Crippen LogP contribution in [0.1, 0.15) is 28.7 Å². The molecule has 0 saturated carbocycles. The first-order chi connectivity index (χ1) is 9.97. The highest BCUT2D eigenvalue weighted by atomic mass is 16.2. The number of nitrogens with zero attached hydrogens (tertiary/aromatic N) is 2. The molecule has 2 N–H and O–H groups in total. The van der Waals surface area contributed by atoms with E-state index in [1.165, 1.54) is 19.3 Å². The highest BCUT2D eigenvalue weighted by molar-refractivity contribution is 6.03. The fourth-order valence-corrected chi connectivity index (χ4v) is 1.79. The van der Waals surface area contributed by atoms with Crippen molar-refractivity contribution in [3.63, 3.8) is 0 Å². The molecule has 0 fully saturated rings. The van der Waals surface area contributed by atoms with Gasteiger partial charge in [-0.2, -0.15) is 0 Å². The van der Waals surface area contributed by atoms with Crippen LogP contribution in [0.2, 0.25) is 0 Å². The molecular formula is C15H16N4O2. The molecule has 6 nitrogen and oxygen atoms in total. The Morgan fingerprint density at radius 2 is 1.67 bits per heavy atom. The zero-order chi connectivity index (χ0) is 15.4. The van der Waals surface area contributed by atoms with E-state index in [0.29, 0.717) is 11.4 Å². The van der Waals surface area contributed by atoms with E-state index in [2.05, 4.69) is 20.6 Å². The lowest BCUT2D eigenvalue weighted by Crippen LogP contribution is -2.16. The van der Waals surface area contributed by atoms with Gasteiger partial charge in [-0.15, -0.1) is 0 Å². The summed E-state index contributed by atoms with van der Waals surface area (Å²) in [6, 6.07) is 5.30. The van der Waals surface area contributed by atoms with E-state index in [1.54, 1.807) is 25.1 Å². The number of carbonyl (C=O) groups excluding carboxylic acids is 2. The predicted octanol–water partition coefficient (Wildman–Crippen LogP) is 2.30. The van der Waals surface area contributed by atoms with E-state index < -0.39 is 0 Å². The van der Waals surface area contributed by atoms with E-state index in [1.807, 2.05) is 6.92 Å². The average molecular weight is 284 g/mol. The Morgan fingerprint density at radius 3 is 2.24 bits per heavy atom. The lowest BCUT2D eigenvalue weighted by molar-refractivity contribution is -0.114. The van der Waals surface area contributed by atoms with E-state index in [0.717, 1.165) is 11.3 Å². The van der Waals surface area contributed by atoms with Crippen LogP contribution in [-0.2, 0) is 4.79 Å². The topological polar surface area (TPSA) is 84.0 Å². The van der Waals surface area contributed by atoms with Crippen molar-refractivity contribution in [2.75, 3.05) is 10.6 Å². The van der Waals surface area contributed by atoms with Gasteiger partial charge in [-0.3, -0.25) is 14.6 Å². The summed E-state index contributed by atoms with van der Waals surface area (Å²) < 4.78 is 0. The minimum Gasteiger partial charge on any atom is -0.326 e. The number of rotatable bonds is 3. The molecule has 6 heteroatoms. The fraction of sp³-hybridized carbons (Fsp3) is 0.200. The second-order valence-electron chi connectivity index (χ2n) is 4.66. The molecule has 2 rings (SSSR count). The molecule has 0 atom stereocenters. The third kappa shape index (κ3) is 3.62. The molecule has 0 saturated heterocycles. The Morgan fingerprint density at radius 1 is 1.00 bits per heavy atom. The maximum absolute atomic E-state index is 12.1. The molecule has 1 aromatic carbocycles. The first-order valence-electron chi connectivity index (χ1n) is 6.44. The quantitative estimate of drug-likeness (QED) is 0.905. The summed E-state index contributed by atoms with van der Waals surface area (Å²) >= 11 is 0. The van der Waals surface area contributed by atoms with Crippen molar-refractivity contribution in [3.05, 3.63) is 47.5 Å². The third-order valence-electron chi connectivity index (χ3n) is 2.91. The van der Waals surface area contributed by atoms with E-state index in [9.17, 15) is 9.59 Å². The number of benzene rings is 1. The molecule has 0 aliphatic heterocycles. The van der Waals surface area contributed by atoms with Crippen LogP contribution in [0.25, 0.3) is 0 Å². The molecule has 1 heterocycles. The van der Waals surface area contributed by atoms with Gasteiger partial charge in [0.15, 0.2) is 0 Å². The van der Waals surface area contributed by atoms with Crippen LogP contribution in [0, 0.1) is 13.8 Å². The lowest BCUT2D eigenvalue weighted by Gasteiger charge is -2.12. The predicted molar refractivity (Wildman–Crippen MR) is 80.2 cm³/mol. The number of carbonyl (C=O) groups is 2. The number of aromatic nitrogens is 2. The Bertz CT molecular complexity index is 681. The Labute approximate surface area is 122 Å². The molecule has 0 unspecified atom stereocenters. The molecule has 21 heavy (non-hydrogen) atoms. The van der Waals surface area contributed by atoms with Crippen LogP contribution in [0.15, 0.2) is 30.6 Å². The summed E-state index contributed by atoms with van der Waals surface area (Å²) in [4.78, 5) is 31.3. The van der Waals surface area contributed by atoms with E-state index in [4.69, 9.17) is 0 Å². The summed E-state index contributed by atoms with van der Waals surface area (Å²) in [5.74, 6) is -0.503. The molecule has 0 radical (unpaired) electrons. The zero-order valence-electron chi connectivity index (χ0n) is 12.1. The zero-order valence-corrected chi connectivity index (χ0v) is 12.1. The number of hydrogen-bond donors (Lipinski definition) is 2. The fourth-order valence-electron chi connectivity index (χ4n) is 1.79. The number of hydrogen-bond acceptors (Lipinski definition) is 4. The van der Waals surface area contributed by atoms with Gasteiger partial charge < -0.3 is 10.6 Å². The van der Waals surface area contributed by atoms with Crippen molar-refractivity contribution < 1.29 is 9.59 Å². The Hall–Kier alpha value is -2.76. The number of anilines is 2. The van der Waals surface area contributed by atoms with Gasteiger partial charge in [0.2, 0.25) is 5.91 Å². The van der Waals surface area contributed by atoms with Crippen molar-refractivity contribution in [1.82, 2.24) is 9.97 Å². The van der Waals surface area contributed by atoms with Crippen molar-refractivity contribution in [2.45, 2.75) is 20.8 Å². The largest absolute Gasteiger partial charge is 0.326 e. The van der Waals surface area contributed by atoms with Crippen LogP contribution in [0.3, 0.4) is 0 Å². The smallest absolute Gasteiger partial charge is 0.275 e. The van der Waals surface area contributed by atoms with Gasteiger partial charge in [0, 0.05) is 24.5 Å². The van der Waals surface area contributed by atoms with Gasteiger partial charge in [0.1, 0.15) is 5.69 Å². The average Bonchev–Trinajstić information content (AvgIpc) is 2.43. The Kier molecular flexibility index (Phi) is 4.27. The molecule has 2 aromatic rings.